The Hall–Kier alpha value is -2.46. The van der Waals surface area contributed by atoms with Crippen molar-refractivity contribution in [2.45, 2.75) is 6.61 Å². The lowest BCUT2D eigenvalue weighted by atomic mass is 10.1. The Kier molecular flexibility index (Phi) is 5.31. The molecule has 1 aliphatic heterocycles. The Labute approximate surface area is 177 Å². The molecule has 3 nitrogen and oxygen atoms in total. The molecule has 0 aromatic heterocycles. The van der Waals surface area contributed by atoms with Gasteiger partial charge in [0, 0.05) is 26.7 Å². The Morgan fingerprint density at radius 3 is 2.54 bits per heavy atom. The molecule has 140 valence electrons. The van der Waals surface area contributed by atoms with Gasteiger partial charge in [0.1, 0.15) is 18.1 Å². The van der Waals surface area contributed by atoms with E-state index in [2.05, 4.69) is 0 Å². The van der Waals surface area contributed by atoms with E-state index >= 15 is 0 Å². The van der Waals surface area contributed by atoms with Crippen molar-refractivity contribution in [1.29, 1.82) is 0 Å². The molecule has 1 aliphatic rings. The van der Waals surface area contributed by atoms with Crippen molar-refractivity contribution in [2.24, 2.45) is 0 Å². The van der Waals surface area contributed by atoms with Crippen molar-refractivity contribution in [3.63, 3.8) is 0 Å². The lowest BCUT2D eigenvalue weighted by molar-refractivity contribution is 0.101. The number of rotatable bonds is 4. The van der Waals surface area contributed by atoms with Crippen LogP contribution in [0, 0.1) is 0 Å². The number of benzene rings is 3. The van der Waals surface area contributed by atoms with Gasteiger partial charge in [0.25, 0.3) is 0 Å². The van der Waals surface area contributed by atoms with E-state index in [0.717, 1.165) is 5.56 Å². The summed E-state index contributed by atoms with van der Waals surface area (Å²) in [6, 6.07) is 17.6. The molecule has 0 saturated heterocycles. The fourth-order valence-electron chi connectivity index (χ4n) is 2.79. The van der Waals surface area contributed by atoms with Gasteiger partial charge in [0.05, 0.1) is 5.56 Å². The SMILES string of the molecule is O=C1/C(=C/c2ccc(Cl)cc2Cl)Oc2cc(OCc3ccccc3Cl)ccc21. The van der Waals surface area contributed by atoms with Crippen LogP contribution in [0.25, 0.3) is 6.08 Å². The Balaban J connectivity index is 1.54. The summed E-state index contributed by atoms with van der Waals surface area (Å²) in [6.07, 6.45) is 1.60. The first-order valence-corrected chi connectivity index (χ1v) is 9.54. The highest BCUT2D eigenvalue weighted by Gasteiger charge is 2.28. The van der Waals surface area contributed by atoms with Crippen LogP contribution in [-0.4, -0.2) is 5.78 Å². The maximum absolute atomic E-state index is 12.6. The van der Waals surface area contributed by atoms with Gasteiger partial charge >= 0.3 is 0 Å². The predicted octanol–water partition coefficient (Wildman–Crippen LogP) is 6.84. The van der Waals surface area contributed by atoms with Crippen LogP contribution in [0.15, 0.2) is 66.4 Å². The van der Waals surface area contributed by atoms with Crippen LogP contribution < -0.4 is 9.47 Å². The first kappa shape index (κ1) is 18.9. The molecular weight excluding hydrogens is 419 g/mol. The zero-order chi connectivity index (χ0) is 19.7. The molecule has 0 unspecified atom stereocenters. The quantitative estimate of drug-likeness (QED) is 0.424. The van der Waals surface area contributed by atoms with Crippen molar-refractivity contribution in [3.05, 3.63) is 98.2 Å². The molecule has 1 heterocycles. The smallest absolute Gasteiger partial charge is 0.231 e. The molecular formula is C22H13Cl3O3. The standard InChI is InChI=1S/C22H13Cl3O3/c23-15-6-5-13(19(25)10-15)9-21-22(26)17-8-7-16(11-20(17)28-21)27-12-14-3-1-2-4-18(14)24/h1-11H,12H2/b21-9-. The van der Waals surface area contributed by atoms with Gasteiger partial charge < -0.3 is 9.47 Å². The van der Waals surface area contributed by atoms with Crippen LogP contribution in [0.5, 0.6) is 11.5 Å². The summed E-state index contributed by atoms with van der Waals surface area (Å²) in [5.41, 5.74) is 2.00. The summed E-state index contributed by atoms with van der Waals surface area (Å²) in [6.45, 7) is 0.315. The van der Waals surface area contributed by atoms with Crippen molar-refractivity contribution < 1.29 is 14.3 Å². The highest BCUT2D eigenvalue weighted by molar-refractivity contribution is 6.35. The number of carbonyl (C=O) groups is 1. The van der Waals surface area contributed by atoms with Crippen molar-refractivity contribution >= 4 is 46.7 Å². The van der Waals surface area contributed by atoms with Crippen LogP contribution in [0.4, 0.5) is 0 Å². The van der Waals surface area contributed by atoms with E-state index in [1.54, 1.807) is 42.5 Å². The number of fused-ring (bicyclic) bond motifs is 1. The number of ether oxygens (including phenoxy) is 2. The molecule has 4 rings (SSSR count). The van der Waals surface area contributed by atoms with Crippen molar-refractivity contribution in [2.75, 3.05) is 0 Å². The van der Waals surface area contributed by atoms with Crippen LogP contribution in [0.2, 0.25) is 15.1 Å². The van der Waals surface area contributed by atoms with Gasteiger partial charge in [-0.25, -0.2) is 0 Å². The fourth-order valence-corrected chi connectivity index (χ4v) is 3.45. The molecule has 0 aliphatic carbocycles. The first-order valence-electron chi connectivity index (χ1n) is 8.41. The molecule has 28 heavy (non-hydrogen) atoms. The summed E-state index contributed by atoms with van der Waals surface area (Å²) in [5.74, 6) is 1.01. The summed E-state index contributed by atoms with van der Waals surface area (Å²) >= 11 is 18.2. The maximum atomic E-state index is 12.6. The highest BCUT2D eigenvalue weighted by atomic mass is 35.5. The average molecular weight is 432 g/mol. The van der Waals surface area contributed by atoms with E-state index in [9.17, 15) is 4.79 Å². The minimum absolute atomic E-state index is 0.197. The van der Waals surface area contributed by atoms with E-state index in [0.29, 0.717) is 44.3 Å². The number of allylic oxidation sites excluding steroid dienone is 1. The van der Waals surface area contributed by atoms with Crippen LogP contribution in [-0.2, 0) is 6.61 Å². The first-order chi connectivity index (χ1) is 13.5. The van der Waals surface area contributed by atoms with E-state index < -0.39 is 0 Å². The zero-order valence-corrected chi connectivity index (χ0v) is 16.7. The molecule has 0 spiro atoms. The molecule has 0 atom stereocenters. The second kappa shape index (κ2) is 7.88. The molecule has 0 radical (unpaired) electrons. The molecule has 0 amide bonds. The lowest BCUT2D eigenvalue weighted by Gasteiger charge is -2.08. The zero-order valence-electron chi connectivity index (χ0n) is 14.4. The van der Waals surface area contributed by atoms with Gasteiger partial charge in [-0.3, -0.25) is 4.79 Å². The monoisotopic (exact) mass is 430 g/mol. The van der Waals surface area contributed by atoms with Crippen molar-refractivity contribution in [1.82, 2.24) is 0 Å². The number of hydrogen-bond donors (Lipinski definition) is 0. The second-order valence-corrected chi connectivity index (χ2v) is 7.39. The van der Waals surface area contributed by atoms with E-state index in [1.165, 1.54) is 0 Å². The van der Waals surface area contributed by atoms with Crippen LogP contribution >= 0.6 is 34.8 Å². The third kappa shape index (κ3) is 3.88. The Morgan fingerprint density at radius 2 is 1.75 bits per heavy atom. The fraction of sp³-hybridized carbons (Fsp3) is 0.0455. The van der Waals surface area contributed by atoms with Gasteiger partial charge in [-0.1, -0.05) is 59.1 Å². The predicted molar refractivity (Wildman–Crippen MR) is 112 cm³/mol. The number of ketones is 1. The summed E-state index contributed by atoms with van der Waals surface area (Å²) in [4.78, 5) is 12.6. The van der Waals surface area contributed by atoms with Crippen LogP contribution in [0.1, 0.15) is 21.5 Å². The van der Waals surface area contributed by atoms with Crippen LogP contribution in [0.3, 0.4) is 0 Å². The molecule has 0 saturated carbocycles. The van der Waals surface area contributed by atoms with E-state index in [-0.39, 0.29) is 11.5 Å². The van der Waals surface area contributed by atoms with E-state index in [4.69, 9.17) is 44.3 Å². The Bertz CT molecular complexity index is 1110. The summed E-state index contributed by atoms with van der Waals surface area (Å²) in [5, 5.41) is 1.60. The molecule has 0 bridgehead atoms. The molecule has 0 N–H and O–H groups in total. The largest absolute Gasteiger partial charge is 0.489 e. The van der Waals surface area contributed by atoms with Crippen molar-refractivity contribution in [3.8, 4) is 11.5 Å². The van der Waals surface area contributed by atoms with Gasteiger partial charge in [0.15, 0.2) is 5.76 Å². The van der Waals surface area contributed by atoms with Gasteiger partial charge in [-0.2, -0.15) is 0 Å². The minimum Gasteiger partial charge on any atom is -0.489 e. The van der Waals surface area contributed by atoms with Gasteiger partial charge in [-0.15, -0.1) is 0 Å². The molecule has 0 fully saturated rings. The highest BCUT2D eigenvalue weighted by Crippen LogP contribution is 2.36. The number of Topliss-reactive ketones (excluding diaryl/α,β-unsaturated/α-hetero) is 1. The summed E-state index contributed by atoms with van der Waals surface area (Å²) < 4.78 is 11.5. The topological polar surface area (TPSA) is 35.5 Å². The maximum Gasteiger partial charge on any atom is 0.231 e. The normalized spacial score (nSPS) is 14.1. The number of carbonyl (C=O) groups excluding carboxylic acids is 1. The lowest BCUT2D eigenvalue weighted by Crippen LogP contribution is -1.98. The minimum atomic E-state index is -0.210. The average Bonchev–Trinajstić information content (AvgIpc) is 2.98. The Morgan fingerprint density at radius 1 is 0.929 bits per heavy atom. The third-order valence-electron chi connectivity index (χ3n) is 4.24. The molecule has 3 aromatic carbocycles. The molecule has 6 heteroatoms. The number of hydrogen-bond acceptors (Lipinski definition) is 3. The molecule has 3 aromatic rings. The number of halogens is 3. The van der Waals surface area contributed by atoms with E-state index in [1.807, 2.05) is 24.3 Å². The van der Waals surface area contributed by atoms with Gasteiger partial charge in [-0.05, 0) is 42.0 Å². The van der Waals surface area contributed by atoms with Gasteiger partial charge in [0.2, 0.25) is 5.78 Å². The summed E-state index contributed by atoms with van der Waals surface area (Å²) in [7, 11) is 0. The third-order valence-corrected chi connectivity index (χ3v) is 5.17. The second-order valence-electron chi connectivity index (χ2n) is 6.14.